The minimum atomic E-state index is -1.70. The third kappa shape index (κ3) is 12.1. The van der Waals surface area contributed by atoms with E-state index < -0.39 is 41.3 Å². The summed E-state index contributed by atoms with van der Waals surface area (Å²) in [6.45, 7) is 5.28. The summed E-state index contributed by atoms with van der Waals surface area (Å²) < 4.78 is 16.5. The van der Waals surface area contributed by atoms with Crippen LogP contribution in [0.25, 0.3) is 0 Å². The fourth-order valence-electron chi connectivity index (χ4n) is 6.21. The average molecular weight is 763 g/mol. The Morgan fingerprint density at radius 3 is 1.46 bits per heavy atom. The van der Waals surface area contributed by atoms with Crippen LogP contribution in [-0.4, -0.2) is 59.4 Å². The van der Waals surface area contributed by atoms with Gasteiger partial charge in [0, 0.05) is 28.7 Å². The fourth-order valence-corrected chi connectivity index (χ4v) is 6.21. The van der Waals surface area contributed by atoms with E-state index in [1.54, 1.807) is 118 Å². The molecule has 0 saturated carbocycles. The van der Waals surface area contributed by atoms with Crippen molar-refractivity contribution >= 4 is 35.4 Å². The van der Waals surface area contributed by atoms with Crippen LogP contribution in [0, 0.1) is 0 Å². The van der Waals surface area contributed by atoms with Crippen LogP contribution in [-0.2, 0) is 33.4 Å². The molecule has 0 bridgehead atoms. The number of carbonyl (C=O) groups is 6. The molecule has 0 aliphatic carbocycles. The number of carboxylic acids is 1. The van der Waals surface area contributed by atoms with Crippen molar-refractivity contribution in [2.45, 2.75) is 89.6 Å². The van der Waals surface area contributed by atoms with Crippen LogP contribution in [0.15, 0.2) is 109 Å². The minimum absolute atomic E-state index is 0.00919. The van der Waals surface area contributed by atoms with Gasteiger partial charge >= 0.3 is 23.9 Å². The van der Waals surface area contributed by atoms with Crippen molar-refractivity contribution in [3.63, 3.8) is 0 Å². The zero-order chi connectivity index (χ0) is 40.5. The number of hydrogen-bond donors (Lipinski definition) is 1. The van der Waals surface area contributed by atoms with Gasteiger partial charge in [-0.1, -0.05) is 104 Å². The van der Waals surface area contributed by atoms with E-state index in [9.17, 15) is 33.9 Å². The molecule has 0 saturated heterocycles. The minimum Gasteiger partial charge on any atom is -0.478 e. The Bertz CT molecular complexity index is 1950. The Kier molecular flexibility index (Phi) is 16.3. The first-order chi connectivity index (χ1) is 27.0. The van der Waals surface area contributed by atoms with Gasteiger partial charge < -0.3 is 19.3 Å². The molecule has 0 amide bonds. The first-order valence-corrected chi connectivity index (χ1v) is 19.1. The summed E-state index contributed by atoms with van der Waals surface area (Å²) in [5.74, 6) is -4.23. The zero-order valence-corrected chi connectivity index (χ0v) is 32.2. The van der Waals surface area contributed by atoms with Gasteiger partial charge in [0.05, 0.1) is 25.0 Å². The van der Waals surface area contributed by atoms with Gasteiger partial charge in [0.15, 0.2) is 11.6 Å². The zero-order valence-electron chi connectivity index (χ0n) is 32.2. The van der Waals surface area contributed by atoms with E-state index >= 15 is 0 Å². The van der Waals surface area contributed by atoms with Crippen LogP contribution in [0.5, 0.6) is 0 Å². The molecule has 4 rings (SSSR count). The number of esters is 3. The maximum atomic E-state index is 12.9. The van der Waals surface area contributed by atoms with Crippen molar-refractivity contribution in [2.75, 3.05) is 13.2 Å². The number of carboxylic acid groups (broad SMARTS) is 1. The number of ketones is 2. The van der Waals surface area contributed by atoms with E-state index in [0.29, 0.717) is 65.5 Å². The highest BCUT2D eigenvalue weighted by Gasteiger charge is 2.40. The quantitative estimate of drug-likeness (QED) is 0.0357. The summed E-state index contributed by atoms with van der Waals surface area (Å²) in [7, 11) is 0. The summed E-state index contributed by atoms with van der Waals surface area (Å²) in [5, 5.41) is 10.0. The summed E-state index contributed by atoms with van der Waals surface area (Å²) in [6.07, 6.45) is 2.33. The molecule has 1 N–H and O–H groups in total. The van der Waals surface area contributed by atoms with Gasteiger partial charge in [-0.15, -0.1) is 0 Å². The SMILES string of the molecule is CC[C@](CCCCOC(=O)[C@@H](C)c1cccc(C(=O)c2ccccc2)c1)(OC(=O)CCCCCOC(=O)[C@H](C)c1cccc(C(=O)c2ccccc2)c1)C(=O)O. The molecule has 0 fully saturated rings. The van der Waals surface area contributed by atoms with Crippen molar-refractivity contribution < 1.29 is 48.1 Å². The van der Waals surface area contributed by atoms with E-state index in [2.05, 4.69) is 0 Å². The molecule has 10 nitrogen and oxygen atoms in total. The largest absolute Gasteiger partial charge is 0.478 e. The van der Waals surface area contributed by atoms with E-state index in [1.165, 1.54) is 0 Å². The molecule has 0 aromatic heterocycles. The van der Waals surface area contributed by atoms with E-state index in [4.69, 9.17) is 14.2 Å². The first kappa shape index (κ1) is 42.8. The summed E-state index contributed by atoms with van der Waals surface area (Å²) in [5.41, 5.74) is 1.68. The van der Waals surface area contributed by atoms with Gasteiger partial charge in [-0.05, 0) is 82.1 Å². The third-order valence-electron chi connectivity index (χ3n) is 9.84. The number of carbonyl (C=O) groups excluding carboxylic acids is 5. The van der Waals surface area contributed by atoms with Crippen molar-refractivity contribution in [3.8, 4) is 0 Å². The van der Waals surface area contributed by atoms with Gasteiger partial charge in [-0.25, -0.2) is 4.79 Å². The Morgan fingerprint density at radius 2 is 1.02 bits per heavy atom. The normalized spacial score (nSPS) is 13.1. The second-order valence-electron chi connectivity index (χ2n) is 13.8. The fraction of sp³-hybridized carbons (Fsp3) is 0.348. The Morgan fingerprint density at radius 1 is 0.571 bits per heavy atom. The lowest BCUT2D eigenvalue weighted by molar-refractivity contribution is -0.180. The number of rotatable bonds is 22. The molecular weight excluding hydrogens is 712 g/mol. The number of unbranched alkanes of at least 4 members (excludes halogenated alkanes) is 3. The van der Waals surface area contributed by atoms with Crippen LogP contribution in [0.2, 0.25) is 0 Å². The van der Waals surface area contributed by atoms with Crippen LogP contribution < -0.4 is 0 Å². The van der Waals surface area contributed by atoms with E-state index in [0.717, 1.165) is 0 Å². The molecule has 3 atom stereocenters. The van der Waals surface area contributed by atoms with Crippen LogP contribution in [0.1, 0.15) is 127 Å². The molecule has 0 aliphatic rings. The molecule has 0 unspecified atom stereocenters. The smallest absolute Gasteiger partial charge is 0.348 e. The first-order valence-electron chi connectivity index (χ1n) is 19.1. The number of ether oxygens (including phenoxy) is 3. The molecule has 4 aromatic carbocycles. The topological polar surface area (TPSA) is 150 Å². The van der Waals surface area contributed by atoms with Gasteiger partial charge in [0.1, 0.15) is 0 Å². The lowest BCUT2D eigenvalue weighted by Crippen LogP contribution is -2.43. The van der Waals surface area contributed by atoms with Crippen molar-refractivity contribution in [1.82, 2.24) is 0 Å². The van der Waals surface area contributed by atoms with Crippen LogP contribution >= 0.6 is 0 Å². The van der Waals surface area contributed by atoms with Gasteiger partial charge in [-0.2, -0.15) is 0 Å². The molecular formula is C46H50O10. The Hall–Kier alpha value is -5.90. The number of aliphatic carboxylic acids is 1. The van der Waals surface area contributed by atoms with Crippen molar-refractivity contribution in [2.24, 2.45) is 0 Å². The third-order valence-corrected chi connectivity index (χ3v) is 9.84. The second kappa shape index (κ2) is 21.3. The van der Waals surface area contributed by atoms with Crippen LogP contribution in [0.4, 0.5) is 0 Å². The molecule has 10 heteroatoms. The molecule has 0 spiro atoms. The Labute approximate surface area is 328 Å². The second-order valence-corrected chi connectivity index (χ2v) is 13.8. The molecule has 56 heavy (non-hydrogen) atoms. The lowest BCUT2D eigenvalue weighted by atomic mass is 9.93. The molecule has 4 aromatic rings. The number of hydrogen-bond acceptors (Lipinski definition) is 9. The predicted octanol–water partition coefficient (Wildman–Crippen LogP) is 8.65. The summed E-state index contributed by atoms with van der Waals surface area (Å²) in [6, 6.07) is 31.6. The van der Waals surface area contributed by atoms with Crippen LogP contribution in [0.3, 0.4) is 0 Å². The molecule has 0 aliphatic heterocycles. The van der Waals surface area contributed by atoms with E-state index in [1.807, 2.05) is 12.1 Å². The van der Waals surface area contributed by atoms with Gasteiger partial charge in [-0.3, -0.25) is 24.0 Å². The summed E-state index contributed by atoms with van der Waals surface area (Å²) in [4.78, 5) is 76.3. The maximum Gasteiger partial charge on any atom is 0.348 e. The molecule has 0 heterocycles. The van der Waals surface area contributed by atoms with Gasteiger partial charge in [0.2, 0.25) is 5.60 Å². The highest BCUT2D eigenvalue weighted by atomic mass is 16.6. The van der Waals surface area contributed by atoms with E-state index in [-0.39, 0.29) is 44.0 Å². The van der Waals surface area contributed by atoms with Gasteiger partial charge in [0.25, 0.3) is 0 Å². The number of benzene rings is 4. The summed E-state index contributed by atoms with van der Waals surface area (Å²) >= 11 is 0. The molecule has 294 valence electrons. The van der Waals surface area contributed by atoms with Crippen molar-refractivity contribution in [1.29, 1.82) is 0 Å². The average Bonchev–Trinajstić information content (AvgIpc) is 3.23. The van der Waals surface area contributed by atoms with Crippen molar-refractivity contribution in [3.05, 3.63) is 143 Å². The highest BCUT2D eigenvalue weighted by molar-refractivity contribution is 6.09. The molecule has 0 radical (unpaired) electrons. The lowest BCUT2D eigenvalue weighted by Gasteiger charge is -2.28. The maximum absolute atomic E-state index is 12.9. The highest BCUT2D eigenvalue weighted by Crippen LogP contribution is 2.26. The monoisotopic (exact) mass is 762 g/mol. The standard InChI is InChI=1S/C46H50O10/c1-4-46(45(52)53,27-13-15-29-55-44(51)33(3)37-23-17-25-39(31-37)42(49)35-20-10-6-11-21-35)56-40(47)26-12-7-14-28-54-43(50)32(2)36-22-16-24-38(30-36)41(48)34-18-8-5-9-19-34/h5-6,8-11,16-25,30-33H,4,7,12-15,26-29H2,1-3H3,(H,52,53)/t32-,33+,46-/m1/s1. The predicted molar refractivity (Wildman–Crippen MR) is 210 cm³/mol. The Balaban J connectivity index is 1.14.